The van der Waals surface area contributed by atoms with E-state index in [-0.39, 0.29) is 18.5 Å². The third-order valence-corrected chi connectivity index (χ3v) is 4.03. The maximum Gasteiger partial charge on any atom is 0.240 e. The van der Waals surface area contributed by atoms with Gasteiger partial charge in [0.05, 0.1) is 12.2 Å². The number of nitrogens with zero attached hydrogens (tertiary/aromatic N) is 1. The normalized spacial score (nSPS) is 12.2. The highest BCUT2D eigenvalue weighted by molar-refractivity contribution is 7.13. The highest BCUT2D eigenvalue weighted by Gasteiger charge is 2.11. The number of rotatable bonds is 5. The first kappa shape index (κ1) is 15.0. The Morgan fingerprint density at radius 2 is 2.20 bits per heavy atom. The summed E-state index contributed by atoms with van der Waals surface area (Å²) in [7, 11) is 0. The second kappa shape index (κ2) is 6.83. The minimum Gasteiger partial charge on any atom is -0.302 e. The first-order valence-electron chi connectivity index (χ1n) is 6.26. The van der Waals surface area contributed by atoms with Crippen molar-refractivity contribution >= 4 is 34.0 Å². The molecule has 6 heteroatoms. The molecule has 2 rings (SSSR count). The van der Waals surface area contributed by atoms with Gasteiger partial charge in [0.2, 0.25) is 5.91 Å². The van der Waals surface area contributed by atoms with Crippen LogP contribution in [0.2, 0.25) is 5.02 Å². The molecule has 0 saturated heterocycles. The molecule has 0 bridgehead atoms. The summed E-state index contributed by atoms with van der Waals surface area (Å²) in [5.74, 6) is -0.113. The van der Waals surface area contributed by atoms with E-state index in [0.717, 1.165) is 11.3 Å². The Labute approximate surface area is 127 Å². The SMILES string of the molecule is Cc1csc(NC(=O)CN[C@@H](C)c2ccccc2Cl)n1. The molecule has 1 aromatic carbocycles. The molecular formula is C14H16ClN3OS. The lowest BCUT2D eigenvalue weighted by Crippen LogP contribution is -2.30. The smallest absolute Gasteiger partial charge is 0.240 e. The van der Waals surface area contributed by atoms with Crippen molar-refractivity contribution in [2.45, 2.75) is 19.9 Å². The lowest BCUT2D eigenvalue weighted by atomic mass is 10.1. The Morgan fingerprint density at radius 3 is 2.85 bits per heavy atom. The van der Waals surface area contributed by atoms with Crippen LogP contribution >= 0.6 is 22.9 Å². The highest BCUT2D eigenvalue weighted by Crippen LogP contribution is 2.21. The first-order valence-corrected chi connectivity index (χ1v) is 7.52. The zero-order valence-corrected chi connectivity index (χ0v) is 12.9. The third kappa shape index (κ3) is 4.03. The van der Waals surface area contributed by atoms with Crippen molar-refractivity contribution in [3.8, 4) is 0 Å². The zero-order chi connectivity index (χ0) is 14.5. The van der Waals surface area contributed by atoms with Crippen LogP contribution in [0.3, 0.4) is 0 Å². The Kier molecular flexibility index (Phi) is 5.11. The summed E-state index contributed by atoms with van der Waals surface area (Å²) >= 11 is 7.54. The number of hydrogen-bond donors (Lipinski definition) is 2. The van der Waals surface area contributed by atoms with Crippen LogP contribution in [-0.2, 0) is 4.79 Å². The molecule has 2 N–H and O–H groups in total. The van der Waals surface area contributed by atoms with E-state index >= 15 is 0 Å². The van der Waals surface area contributed by atoms with E-state index in [9.17, 15) is 4.79 Å². The maximum atomic E-state index is 11.8. The molecule has 1 atom stereocenters. The molecule has 0 aliphatic carbocycles. The predicted octanol–water partition coefficient (Wildman–Crippen LogP) is 3.39. The largest absolute Gasteiger partial charge is 0.302 e. The monoisotopic (exact) mass is 309 g/mol. The Morgan fingerprint density at radius 1 is 1.45 bits per heavy atom. The Bertz CT molecular complexity index is 600. The molecule has 0 spiro atoms. The molecule has 4 nitrogen and oxygen atoms in total. The van der Waals surface area contributed by atoms with Crippen molar-refractivity contribution in [1.29, 1.82) is 0 Å². The molecule has 1 aromatic heterocycles. The number of anilines is 1. The van der Waals surface area contributed by atoms with Crippen molar-refractivity contribution in [2.75, 3.05) is 11.9 Å². The van der Waals surface area contributed by atoms with E-state index < -0.39 is 0 Å². The molecule has 0 aliphatic heterocycles. The number of thiazole rings is 1. The summed E-state index contributed by atoms with van der Waals surface area (Å²) in [5, 5.41) is 9.12. The lowest BCUT2D eigenvalue weighted by Gasteiger charge is -2.15. The first-order chi connectivity index (χ1) is 9.56. The molecule has 1 amide bonds. The zero-order valence-electron chi connectivity index (χ0n) is 11.3. The number of aryl methyl sites for hydroxylation is 1. The fourth-order valence-corrected chi connectivity index (χ4v) is 2.76. The van der Waals surface area contributed by atoms with Gasteiger partial charge in [-0.15, -0.1) is 11.3 Å². The summed E-state index contributed by atoms with van der Waals surface area (Å²) in [6.45, 7) is 4.08. The van der Waals surface area contributed by atoms with E-state index in [1.165, 1.54) is 11.3 Å². The number of carbonyl (C=O) groups is 1. The van der Waals surface area contributed by atoms with Crippen LogP contribution in [-0.4, -0.2) is 17.4 Å². The molecule has 2 aromatic rings. The van der Waals surface area contributed by atoms with Gasteiger partial charge in [0.15, 0.2) is 5.13 Å². The highest BCUT2D eigenvalue weighted by atomic mass is 35.5. The van der Waals surface area contributed by atoms with Crippen LogP contribution in [0, 0.1) is 6.92 Å². The van der Waals surface area contributed by atoms with Crippen molar-refractivity contribution < 1.29 is 4.79 Å². The van der Waals surface area contributed by atoms with Gasteiger partial charge in [-0.25, -0.2) is 4.98 Å². The molecule has 0 unspecified atom stereocenters. The molecule has 0 fully saturated rings. The van der Waals surface area contributed by atoms with Crippen LogP contribution in [0.5, 0.6) is 0 Å². The third-order valence-electron chi connectivity index (χ3n) is 2.81. The number of carbonyl (C=O) groups excluding carboxylic acids is 1. The quantitative estimate of drug-likeness (QED) is 0.890. The number of hydrogen-bond acceptors (Lipinski definition) is 4. The minimum absolute atomic E-state index is 0.00693. The summed E-state index contributed by atoms with van der Waals surface area (Å²) < 4.78 is 0. The van der Waals surface area contributed by atoms with Gasteiger partial charge < -0.3 is 10.6 Å². The van der Waals surface area contributed by atoms with Crippen LogP contribution in [0.15, 0.2) is 29.6 Å². The molecule has 1 heterocycles. The molecule has 0 radical (unpaired) electrons. The fraction of sp³-hybridized carbons (Fsp3) is 0.286. The summed E-state index contributed by atoms with van der Waals surface area (Å²) in [5.41, 5.74) is 1.88. The maximum absolute atomic E-state index is 11.8. The Hall–Kier alpha value is -1.43. The number of nitrogens with one attached hydrogen (secondary N) is 2. The average Bonchev–Trinajstić information content (AvgIpc) is 2.82. The van der Waals surface area contributed by atoms with E-state index in [2.05, 4.69) is 15.6 Å². The molecule has 0 aliphatic rings. The van der Waals surface area contributed by atoms with E-state index in [4.69, 9.17) is 11.6 Å². The van der Waals surface area contributed by atoms with Gasteiger partial charge in [-0.2, -0.15) is 0 Å². The van der Waals surface area contributed by atoms with Crippen LogP contribution < -0.4 is 10.6 Å². The number of amides is 1. The van der Waals surface area contributed by atoms with Crippen LogP contribution in [0.1, 0.15) is 24.2 Å². The van der Waals surface area contributed by atoms with Gasteiger partial charge in [0.1, 0.15) is 0 Å². The van der Waals surface area contributed by atoms with Crippen molar-refractivity contribution in [3.05, 3.63) is 45.9 Å². The van der Waals surface area contributed by atoms with Gasteiger partial charge in [-0.1, -0.05) is 29.8 Å². The minimum atomic E-state index is -0.113. The summed E-state index contributed by atoms with van der Waals surface area (Å²) in [6.07, 6.45) is 0. The van der Waals surface area contributed by atoms with Gasteiger partial charge in [-0.3, -0.25) is 4.79 Å². The summed E-state index contributed by atoms with van der Waals surface area (Å²) in [4.78, 5) is 16.0. The average molecular weight is 310 g/mol. The molecular weight excluding hydrogens is 294 g/mol. The van der Waals surface area contributed by atoms with Gasteiger partial charge in [0, 0.05) is 16.4 Å². The van der Waals surface area contributed by atoms with E-state index in [1.54, 1.807) is 0 Å². The number of benzene rings is 1. The lowest BCUT2D eigenvalue weighted by molar-refractivity contribution is -0.115. The van der Waals surface area contributed by atoms with Gasteiger partial charge >= 0.3 is 0 Å². The van der Waals surface area contributed by atoms with E-state index in [1.807, 2.05) is 43.5 Å². The second-order valence-corrected chi connectivity index (χ2v) is 5.73. The van der Waals surface area contributed by atoms with E-state index in [0.29, 0.717) is 10.2 Å². The van der Waals surface area contributed by atoms with Gasteiger partial charge in [0.25, 0.3) is 0 Å². The number of halogens is 1. The van der Waals surface area contributed by atoms with Crippen molar-refractivity contribution in [3.63, 3.8) is 0 Å². The van der Waals surface area contributed by atoms with Crippen LogP contribution in [0.25, 0.3) is 0 Å². The van der Waals surface area contributed by atoms with Crippen molar-refractivity contribution in [1.82, 2.24) is 10.3 Å². The fourth-order valence-electron chi connectivity index (χ4n) is 1.76. The second-order valence-electron chi connectivity index (χ2n) is 4.47. The number of aromatic nitrogens is 1. The predicted molar refractivity (Wildman–Crippen MR) is 83.4 cm³/mol. The van der Waals surface area contributed by atoms with Crippen molar-refractivity contribution in [2.24, 2.45) is 0 Å². The Balaban J connectivity index is 1.85. The van der Waals surface area contributed by atoms with Crippen LogP contribution in [0.4, 0.5) is 5.13 Å². The standard InChI is InChI=1S/C14H16ClN3OS/c1-9-8-20-14(17-9)18-13(19)7-16-10(2)11-5-3-4-6-12(11)15/h3-6,8,10,16H,7H2,1-2H3,(H,17,18,19)/t10-/m0/s1. The molecule has 106 valence electrons. The van der Waals surface area contributed by atoms with Gasteiger partial charge in [-0.05, 0) is 25.5 Å². The molecule has 20 heavy (non-hydrogen) atoms. The topological polar surface area (TPSA) is 54.0 Å². The summed E-state index contributed by atoms with van der Waals surface area (Å²) in [6, 6.07) is 7.61. The molecule has 0 saturated carbocycles.